The maximum atomic E-state index is 11.8. The lowest BCUT2D eigenvalue weighted by Gasteiger charge is -2.05. The second-order valence-electron chi connectivity index (χ2n) is 4.35. The molecule has 1 heterocycles. The molecule has 0 spiro atoms. The van der Waals surface area contributed by atoms with Gasteiger partial charge in [-0.05, 0) is 32.3 Å². The molecule has 2 N–H and O–H groups in total. The second kappa shape index (κ2) is 8.01. The van der Waals surface area contributed by atoms with E-state index in [4.69, 9.17) is 4.74 Å². The fourth-order valence-corrected chi connectivity index (χ4v) is 3.14. The molecule has 20 heavy (non-hydrogen) atoms. The molecular formula is C14H21NO4S. The molecule has 0 atom stereocenters. The van der Waals surface area contributed by atoms with Crippen LogP contribution in [0, 0.1) is 6.92 Å². The van der Waals surface area contributed by atoms with E-state index in [1.807, 2.05) is 20.8 Å². The lowest BCUT2D eigenvalue weighted by Crippen LogP contribution is -2.14. The van der Waals surface area contributed by atoms with Crippen molar-refractivity contribution in [1.82, 2.24) is 0 Å². The Morgan fingerprint density at radius 1 is 1.35 bits per heavy atom. The maximum absolute atomic E-state index is 11.8. The number of carbonyl (C=O) groups is 2. The molecule has 0 bridgehead atoms. The molecule has 0 saturated heterocycles. The van der Waals surface area contributed by atoms with Gasteiger partial charge in [0.05, 0.1) is 5.56 Å². The summed E-state index contributed by atoms with van der Waals surface area (Å²) >= 11 is 1.32. The number of nitrogens with one attached hydrogen (secondary N) is 1. The number of rotatable bonds is 8. The van der Waals surface area contributed by atoms with Crippen molar-refractivity contribution in [1.29, 1.82) is 0 Å². The number of thiophene rings is 1. The summed E-state index contributed by atoms with van der Waals surface area (Å²) in [5, 5.41) is 12.4. The molecule has 0 radical (unpaired) electrons. The Hall–Kier alpha value is -1.40. The van der Waals surface area contributed by atoms with Gasteiger partial charge in [0.15, 0.2) is 0 Å². The third-order valence-corrected chi connectivity index (χ3v) is 3.99. The van der Waals surface area contributed by atoms with Gasteiger partial charge in [0, 0.05) is 24.5 Å². The monoisotopic (exact) mass is 299 g/mol. The highest BCUT2D eigenvalue weighted by Crippen LogP contribution is 2.33. The largest absolute Gasteiger partial charge is 0.478 e. The van der Waals surface area contributed by atoms with Crippen LogP contribution >= 0.6 is 11.3 Å². The number of aromatic carboxylic acids is 1. The molecular weight excluding hydrogens is 278 g/mol. The molecule has 0 fully saturated rings. The van der Waals surface area contributed by atoms with Gasteiger partial charge in [0.2, 0.25) is 5.91 Å². The van der Waals surface area contributed by atoms with Gasteiger partial charge in [-0.25, -0.2) is 4.79 Å². The minimum Gasteiger partial charge on any atom is -0.478 e. The van der Waals surface area contributed by atoms with Crippen molar-refractivity contribution in [2.24, 2.45) is 0 Å². The first kappa shape index (κ1) is 16.7. The van der Waals surface area contributed by atoms with Gasteiger partial charge >= 0.3 is 5.97 Å². The lowest BCUT2D eigenvalue weighted by molar-refractivity contribution is -0.116. The minimum absolute atomic E-state index is 0.170. The fourth-order valence-electron chi connectivity index (χ4n) is 1.99. The van der Waals surface area contributed by atoms with E-state index in [0.717, 1.165) is 10.4 Å². The van der Waals surface area contributed by atoms with Crippen molar-refractivity contribution in [3.8, 4) is 0 Å². The van der Waals surface area contributed by atoms with Crippen LogP contribution in [-0.4, -0.2) is 30.2 Å². The standard InChI is InChI=1S/C14H21NO4S/c1-4-10-9(3)20-13(12(10)14(17)18)15-11(16)7-6-8-19-5-2/h4-8H2,1-3H3,(H,15,16)(H,17,18). The quantitative estimate of drug-likeness (QED) is 0.723. The van der Waals surface area contributed by atoms with Gasteiger partial charge in [-0.3, -0.25) is 4.79 Å². The number of hydrogen-bond donors (Lipinski definition) is 2. The Labute approximate surface area is 123 Å². The molecule has 1 aromatic rings. The number of aryl methyl sites for hydroxylation is 1. The molecule has 0 saturated carbocycles. The van der Waals surface area contributed by atoms with E-state index in [2.05, 4.69) is 5.32 Å². The topological polar surface area (TPSA) is 75.6 Å². The van der Waals surface area contributed by atoms with Crippen molar-refractivity contribution in [2.75, 3.05) is 18.5 Å². The molecule has 6 heteroatoms. The van der Waals surface area contributed by atoms with E-state index >= 15 is 0 Å². The first-order valence-electron chi connectivity index (χ1n) is 6.74. The van der Waals surface area contributed by atoms with Gasteiger partial charge < -0.3 is 15.2 Å². The SMILES string of the molecule is CCOCCCC(=O)Nc1sc(C)c(CC)c1C(=O)O. The predicted molar refractivity (Wildman–Crippen MR) is 79.8 cm³/mol. The molecule has 0 aliphatic carbocycles. The summed E-state index contributed by atoms with van der Waals surface area (Å²) in [6.45, 7) is 6.87. The predicted octanol–water partition coefficient (Wildman–Crippen LogP) is 3.07. The van der Waals surface area contributed by atoms with Gasteiger partial charge in [-0.1, -0.05) is 6.92 Å². The zero-order chi connectivity index (χ0) is 15.1. The average Bonchev–Trinajstić information content (AvgIpc) is 2.70. The van der Waals surface area contributed by atoms with Crippen LogP contribution in [0.25, 0.3) is 0 Å². The van der Waals surface area contributed by atoms with E-state index in [-0.39, 0.29) is 11.5 Å². The minimum atomic E-state index is -0.990. The summed E-state index contributed by atoms with van der Waals surface area (Å²) < 4.78 is 5.17. The number of carboxylic acid groups (broad SMARTS) is 1. The zero-order valence-electron chi connectivity index (χ0n) is 12.1. The summed E-state index contributed by atoms with van der Waals surface area (Å²) in [4.78, 5) is 24.1. The molecule has 0 aliphatic heterocycles. The molecule has 0 unspecified atom stereocenters. The Bertz CT molecular complexity index is 482. The van der Waals surface area contributed by atoms with Crippen LogP contribution in [-0.2, 0) is 16.0 Å². The van der Waals surface area contributed by atoms with Crippen molar-refractivity contribution >= 4 is 28.2 Å². The maximum Gasteiger partial charge on any atom is 0.339 e. The number of carbonyl (C=O) groups excluding carboxylic acids is 1. The smallest absolute Gasteiger partial charge is 0.339 e. The van der Waals surface area contributed by atoms with Gasteiger partial charge in [0.25, 0.3) is 0 Å². The third-order valence-electron chi connectivity index (χ3n) is 2.93. The van der Waals surface area contributed by atoms with Crippen LogP contribution in [0.3, 0.4) is 0 Å². The summed E-state index contributed by atoms with van der Waals surface area (Å²) in [7, 11) is 0. The molecule has 0 aliphatic rings. The first-order valence-corrected chi connectivity index (χ1v) is 7.56. The molecule has 5 nitrogen and oxygen atoms in total. The highest BCUT2D eigenvalue weighted by atomic mass is 32.1. The van der Waals surface area contributed by atoms with E-state index in [1.165, 1.54) is 11.3 Å². The molecule has 1 amide bonds. The van der Waals surface area contributed by atoms with Crippen molar-refractivity contribution in [2.45, 2.75) is 40.0 Å². The Morgan fingerprint density at radius 2 is 2.05 bits per heavy atom. The fraction of sp³-hybridized carbons (Fsp3) is 0.571. The molecule has 1 aromatic heterocycles. The summed E-state index contributed by atoms with van der Waals surface area (Å²) in [6.07, 6.45) is 1.61. The highest BCUT2D eigenvalue weighted by molar-refractivity contribution is 7.16. The van der Waals surface area contributed by atoms with Crippen LogP contribution in [0.5, 0.6) is 0 Å². The van der Waals surface area contributed by atoms with Crippen LogP contribution < -0.4 is 5.32 Å². The number of anilines is 1. The Balaban J connectivity index is 2.72. The average molecular weight is 299 g/mol. The van der Waals surface area contributed by atoms with Gasteiger partial charge in [-0.2, -0.15) is 0 Å². The number of ether oxygens (including phenoxy) is 1. The highest BCUT2D eigenvalue weighted by Gasteiger charge is 2.21. The van der Waals surface area contributed by atoms with Crippen molar-refractivity contribution < 1.29 is 19.4 Å². The molecule has 0 aromatic carbocycles. The number of carboxylic acids is 1. The van der Waals surface area contributed by atoms with Crippen LogP contribution in [0.4, 0.5) is 5.00 Å². The van der Waals surface area contributed by atoms with Crippen LogP contribution in [0.15, 0.2) is 0 Å². The van der Waals surface area contributed by atoms with E-state index in [9.17, 15) is 14.7 Å². The molecule has 112 valence electrons. The van der Waals surface area contributed by atoms with Crippen LogP contribution in [0.1, 0.15) is 47.5 Å². The van der Waals surface area contributed by atoms with Crippen molar-refractivity contribution in [3.05, 3.63) is 16.0 Å². The van der Waals surface area contributed by atoms with E-state index in [0.29, 0.717) is 37.5 Å². The van der Waals surface area contributed by atoms with E-state index < -0.39 is 5.97 Å². The van der Waals surface area contributed by atoms with Crippen LogP contribution in [0.2, 0.25) is 0 Å². The second-order valence-corrected chi connectivity index (χ2v) is 5.57. The normalized spacial score (nSPS) is 10.6. The number of amides is 1. The van der Waals surface area contributed by atoms with Crippen molar-refractivity contribution in [3.63, 3.8) is 0 Å². The number of hydrogen-bond acceptors (Lipinski definition) is 4. The summed E-state index contributed by atoms with van der Waals surface area (Å²) in [5.41, 5.74) is 1.03. The first-order chi connectivity index (χ1) is 9.51. The Kier molecular flexibility index (Phi) is 6.67. The molecule has 1 rings (SSSR count). The summed E-state index contributed by atoms with van der Waals surface area (Å²) in [6, 6.07) is 0. The van der Waals surface area contributed by atoms with Gasteiger partial charge in [0.1, 0.15) is 5.00 Å². The lowest BCUT2D eigenvalue weighted by atomic mass is 10.1. The summed E-state index contributed by atoms with van der Waals surface area (Å²) in [5.74, 6) is -1.16. The van der Waals surface area contributed by atoms with E-state index in [1.54, 1.807) is 0 Å². The Morgan fingerprint density at radius 3 is 2.60 bits per heavy atom. The van der Waals surface area contributed by atoms with Gasteiger partial charge in [-0.15, -0.1) is 11.3 Å². The zero-order valence-corrected chi connectivity index (χ0v) is 12.9. The third kappa shape index (κ3) is 4.31.